The maximum atomic E-state index is 11.6. The molecular formula is C16H24O3. The highest BCUT2D eigenvalue weighted by molar-refractivity contribution is 5.81. The Balaban J connectivity index is 1.89. The van der Waals surface area contributed by atoms with Crippen molar-refractivity contribution in [3.8, 4) is 0 Å². The minimum absolute atomic E-state index is 0.298. The van der Waals surface area contributed by atoms with Gasteiger partial charge in [-0.2, -0.15) is 0 Å². The topological polar surface area (TPSA) is 46.5 Å². The third kappa shape index (κ3) is 2.03. The van der Waals surface area contributed by atoms with E-state index in [0.717, 1.165) is 25.7 Å². The van der Waals surface area contributed by atoms with E-state index in [1.165, 1.54) is 31.8 Å². The lowest BCUT2D eigenvalue weighted by atomic mass is 9.72. The summed E-state index contributed by atoms with van der Waals surface area (Å²) in [5, 5.41) is 11.1. The van der Waals surface area contributed by atoms with Crippen LogP contribution in [-0.2, 0) is 9.53 Å². The molecule has 0 aromatic carbocycles. The van der Waals surface area contributed by atoms with Gasteiger partial charge < -0.3 is 9.84 Å². The van der Waals surface area contributed by atoms with Crippen LogP contribution in [0.5, 0.6) is 0 Å². The van der Waals surface area contributed by atoms with Gasteiger partial charge in [0, 0.05) is 12.0 Å². The van der Waals surface area contributed by atoms with Gasteiger partial charge in [-0.05, 0) is 37.5 Å². The molecule has 3 heteroatoms. The third-order valence-corrected chi connectivity index (χ3v) is 5.67. The molecule has 19 heavy (non-hydrogen) atoms. The molecule has 0 spiro atoms. The summed E-state index contributed by atoms with van der Waals surface area (Å²) in [5.74, 6) is 0.885. The molecule has 0 radical (unpaired) electrons. The Morgan fingerprint density at radius 1 is 1.16 bits per heavy atom. The highest BCUT2D eigenvalue weighted by Crippen LogP contribution is 2.57. The Labute approximate surface area is 115 Å². The zero-order valence-corrected chi connectivity index (χ0v) is 11.5. The van der Waals surface area contributed by atoms with E-state index in [1.54, 1.807) is 0 Å². The van der Waals surface area contributed by atoms with Crippen molar-refractivity contribution >= 4 is 5.97 Å². The fraction of sp³-hybridized carbons (Fsp3) is 0.812. The number of rotatable bonds is 2. The number of aliphatic hydroxyl groups is 1. The van der Waals surface area contributed by atoms with Crippen LogP contribution in [0.15, 0.2) is 12.7 Å². The van der Waals surface area contributed by atoms with E-state index in [9.17, 15) is 9.90 Å². The van der Waals surface area contributed by atoms with Gasteiger partial charge in [-0.25, -0.2) is 4.79 Å². The smallest absolute Gasteiger partial charge is 0.330 e. The van der Waals surface area contributed by atoms with Crippen molar-refractivity contribution in [1.29, 1.82) is 0 Å². The van der Waals surface area contributed by atoms with Crippen LogP contribution in [0, 0.1) is 17.8 Å². The van der Waals surface area contributed by atoms with Crippen LogP contribution in [0.4, 0.5) is 0 Å². The molecule has 3 aliphatic rings. The molecular weight excluding hydrogens is 240 g/mol. The molecule has 0 aromatic heterocycles. The van der Waals surface area contributed by atoms with Crippen molar-refractivity contribution < 1.29 is 14.6 Å². The summed E-state index contributed by atoms with van der Waals surface area (Å²) in [6, 6.07) is 0. The number of ether oxygens (including phenoxy) is 1. The summed E-state index contributed by atoms with van der Waals surface area (Å²) in [5.41, 5.74) is -0.767. The van der Waals surface area contributed by atoms with Gasteiger partial charge in [-0.3, -0.25) is 0 Å². The monoisotopic (exact) mass is 264 g/mol. The second-order valence-corrected chi connectivity index (χ2v) is 6.52. The lowest BCUT2D eigenvalue weighted by Gasteiger charge is -2.39. The van der Waals surface area contributed by atoms with Gasteiger partial charge >= 0.3 is 5.97 Å². The molecule has 0 aromatic rings. The number of hydrogen-bond donors (Lipinski definition) is 1. The van der Waals surface area contributed by atoms with Gasteiger partial charge in [0.2, 0.25) is 0 Å². The zero-order chi connectivity index (χ0) is 13.5. The van der Waals surface area contributed by atoms with E-state index >= 15 is 0 Å². The Morgan fingerprint density at radius 3 is 2.58 bits per heavy atom. The molecule has 1 N–H and O–H groups in total. The molecule has 3 saturated carbocycles. The Hall–Kier alpha value is -0.830. The molecule has 3 aliphatic carbocycles. The van der Waals surface area contributed by atoms with Crippen LogP contribution in [0.2, 0.25) is 0 Å². The third-order valence-electron chi connectivity index (χ3n) is 5.67. The van der Waals surface area contributed by atoms with E-state index in [4.69, 9.17) is 4.74 Å². The van der Waals surface area contributed by atoms with E-state index in [0.29, 0.717) is 17.8 Å². The molecule has 3 rings (SSSR count). The summed E-state index contributed by atoms with van der Waals surface area (Å²) < 4.78 is 5.60. The van der Waals surface area contributed by atoms with Crippen LogP contribution in [-0.4, -0.2) is 22.8 Å². The normalized spacial score (nSPS) is 45.1. The Morgan fingerprint density at radius 2 is 1.84 bits per heavy atom. The van der Waals surface area contributed by atoms with Crippen molar-refractivity contribution in [2.75, 3.05) is 0 Å². The molecule has 0 saturated heterocycles. The van der Waals surface area contributed by atoms with Crippen LogP contribution in [0.1, 0.15) is 51.4 Å². The average molecular weight is 264 g/mol. The highest BCUT2D eigenvalue weighted by Gasteiger charge is 2.61. The van der Waals surface area contributed by atoms with Gasteiger partial charge in [0.25, 0.3) is 0 Å². The first kappa shape index (κ1) is 13.2. The lowest BCUT2D eigenvalue weighted by molar-refractivity contribution is -0.167. The minimum Gasteiger partial charge on any atom is -0.456 e. The summed E-state index contributed by atoms with van der Waals surface area (Å²) >= 11 is 0. The maximum absolute atomic E-state index is 11.6. The first-order valence-corrected chi connectivity index (χ1v) is 7.72. The second kappa shape index (κ2) is 4.93. The lowest BCUT2D eigenvalue weighted by Crippen LogP contribution is -2.48. The SMILES string of the molecule is C=CC(=O)OC1C2CCCCC2C2CCCCC21O. The van der Waals surface area contributed by atoms with Gasteiger partial charge in [-0.1, -0.05) is 32.3 Å². The Bertz CT molecular complexity index is 378. The van der Waals surface area contributed by atoms with Gasteiger partial charge in [-0.15, -0.1) is 0 Å². The zero-order valence-electron chi connectivity index (χ0n) is 11.5. The van der Waals surface area contributed by atoms with Gasteiger partial charge in [0.05, 0.1) is 0 Å². The molecule has 106 valence electrons. The fourth-order valence-corrected chi connectivity index (χ4v) is 4.94. The fourth-order valence-electron chi connectivity index (χ4n) is 4.94. The Kier molecular flexibility index (Phi) is 3.42. The molecule has 0 heterocycles. The molecule has 5 atom stereocenters. The molecule has 0 aliphatic heterocycles. The molecule has 3 fully saturated rings. The summed E-state index contributed by atoms with van der Waals surface area (Å²) in [6.45, 7) is 3.48. The molecule has 5 unspecified atom stereocenters. The predicted octanol–water partition coefficient (Wildman–Crippen LogP) is 2.83. The van der Waals surface area contributed by atoms with Crippen molar-refractivity contribution in [1.82, 2.24) is 0 Å². The molecule has 0 amide bonds. The van der Waals surface area contributed by atoms with Crippen molar-refractivity contribution in [3.63, 3.8) is 0 Å². The quantitative estimate of drug-likeness (QED) is 0.616. The number of carbonyl (C=O) groups is 1. The van der Waals surface area contributed by atoms with Crippen LogP contribution in [0.3, 0.4) is 0 Å². The number of carbonyl (C=O) groups excluding carboxylic acids is 1. The maximum Gasteiger partial charge on any atom is 0.330 e. The van der Waals surface area contributed by atoms with Crippen LogP contribution in [0.25, 0.3) is 0 Å². The molecule has 0 bridgehead atoms. The minimum atomic E-state index is -0.767. The van der Waals surface area contributed by atoms with E-state index in [1.807, 2.05) is 0 Å². The average Bonchev–Trinajstić information content (AvgIpc) is 2.68. The van der Waals surface area contributed by atoms with Crippen LogP contribution < -0.4 is 0 Å². The van der Waals surface area contributed by atoms with Crippen LogP contribution >= 0.6 is 0 Å². The summed E-state index contributed by atoms with van der Waals surface area (Å²) in [6.07, 6.45) is 9.82. The van der Waals surface area contributed by atoms with E-state index < -0.39 is 5.60 Å². The van der Waals surface area contributed by atoms with Gasteiger partial charge in [0.15, 0.2) is 0 Å². The van der Waals surface area contributed by atoms with Crippen molar-refractivity contribution in [3.05, 3.63) is 12.7 Å². The predicted molar refractivity (Wildman–Crippen MR) is 72.4 cm³/mol. The number of fused-ring (bicyclic) bond motifs is 3. The standard InChI is InChI=1S/C16H24O3/c1-2-14(17)19-15-12-8-4-3-7-11(12)13-9-5-6-10-16(13,15)18/h2,11-13,15,18H,1,3-10H2. The highest BCUT2D eigenvalue weighted by atomic mass is 16.6. The van der Waals surface area contributed by atoms with Gasteiger partial charge in [0.1, 0.15) is 11.7 Å². The first-order valence-electron chi connectivity index (χ1n) is 7.72. The number of esters is 1. The first-order chi connectivity index (χ1) is 9.16. The number of hydrogen-bond acceptors (Lipinski definition) is 3. The van der Waals surface area contributed by atoms with E-state index in [-0.39, 0.29) is 12.1 Å². The molecule has 3 nitrogen and oxygen atoms in total. The second-order valence-electron chi connectivity index (χ2n) is 6.52. The summed E-state index contributed by atoms with van der Waals surface area (Å²) in [4.78, 5) is 11.6. The van der Waals surface area contributed by atoms with Crippen molar-refractivity contribution in [2.45, 2.75) is 63.1 Å². The largest absolute Gasteiger partial charge is 0.456 e. The van der Waals surface area contributed by atoms with Crippen molar-refractivity contribution in [2.24, 2.45) is 17.8 Å². The van der Waals surface area contributed by atoms with E-state index in [2.05, 4.69) is 6.58 Å². The summed E-state index contributed by atoms with van der Waals surface area (Å²) in [7, 11) is 0.